The predicted molar refractivity (Wildman–Crippen MR) is 195 cm³/mol. The number of amides is 1. The monoisotopic (exact) mass is 674 g/mol. The summed E-state index contributed by atoms with van der Waals surface area (Å²) < 4.78 is 1.82. The maximum atomic E-state index is 12.9. The SMILES string of the molecule is O=C(Cc1ccccc1)N[C@H]1C[C@@H](n2cnc3c(NCC(c4ccccc4)c4ccccc4)nc(NCCN4CCCCC4)nc32)[C@H](O)[C@@H]1O. The fraction of sp³-hybridized carbons (Fsp3) is 0.385. The van der Waals surface area contributed by atoms with Gasteiger partial charge in [0.15, 0.2) is 17.0 Å². The lowest BCUT2D eigenvalue weighted by Crippen LogP contribution is -2.43. The van der Waals surface area contributed by atoms with Crippen molar-refractivity contribution in [3.8, 4) is 0 Å². The molecule has 2 aliphatic rings. The quantitative estimate of drug-likeness (QED) is 0.123. The van der Waals surface area contributed by atoms with Crippen LogP contribution in [0.25, 0.3) is 11.2 Å². The van der Waals surface area contributed by atoms with Crippen LogP contribution in [-0.4, -0.2) is 91.5 Å². The van der Waals surface area contributed by atoms with E-state index in [4.69, 9.17) is 15.0 Å². The summed E-state index contributed by atoms with van der Waals surface area (Å²) in [6, 6.07) is 29.1. The smallest absolute Gasteiger partial charge is 0.226 e. The number of carbonyl (C=O) groups excluding carboxylic acids is 1. The molecule has 1 saturated heterocycles. The number of hydrogen-bond acceptors (Lipinski definition) is 9. The molecule has 11 nitrogen and oxygen atoms in total. The molecule has 0 spiro atoms. The summed E-state index contributed by atoms with van der Waals surface area (Å²) >= 11 is 0. The van der Waals surface area contributed by atoms with Crippen molar-refractivity contribution in [2.75, 3.05) is 43.4 Å². The standard InChI is InChI=1S/C39H46N8O3/c48-33(23-27-13-5-1-6-14-27)43-31-24-32(36(50)35(31)49)47-26-42-34-37(44-39(45-38(34)47)40-19-22-46-20-11-4-12-21-46)41-25-30(28-15-7-2-8-16-28)29-17-9-3-10-18-29/h1-3,5-10,13-18,26,30-32,35-36,49-50H,4,11-12,19-25H2,(H,43,48)(H2,40,41,44,45)/t31-,32+,35+,36-/m0/s1. The molecule has 50 heavy (non-hydrogen) atoms. The van der Waals surface area contributed by atoms with Crippen molar-refractivity contribution < 1.29 is 15.0 Å². The maximum Gasteiger partial charge on any atom is 0.226 e. The lowest BCUT2D eigenvalue weighted by Gasteiger charge is -2.26. The van der Waals surface area contributed by atoms with E-state index in [1.54, 1.807) is 6.33 Å². The highest BCUT2D eigenvalue weighted by Gasteiger charge is 2.44. The molecule has 1 aliphatic carbocycles. The van der Waals surface area contributed by atoms with Gasteiger partial charge in [0.05, 0.1) is 24.8 Å². The van der Waals surface area contributed by atoms with Gasteiger partial charge in [-0.1, -0.05) is 97.4 Å². The number of benzene rings is 3. The summed E-state index contributed by atoms with van der Waals surface area (Å²) in [5.41, 5.74) is 4.38. The largest absolute Gasteiger partial charge is 0.388 e. The summed E-state index contributed by atoms with van der Waals surface area (Å²) in [5.74, 6) is 0.915. The van der Waals surface area contributed by atoms with Crippen molar-refractivity contribution in [1.82, 2.24) is 29.7 Å². The van der Waals surface area contributed by atoms with E-state index in [0.717, 1.165) is 25.2 Å². The fourth-order valence-corrected chi connectivity index (χ4v) is 7.33. The van der Waals surface area contributed by atoms with E-state index in [0.29, 0.717) is 42.4 Å². The number of piperidine rings is 1. The van der Waals surface area contributed by atoms with Crippen molar-refractivity contribution >= 4 is 28.8 Å². The van der Waals surface area contributed by atoms with Gasteiger partial charge in [-0.3, -0.25) is 4.79 Å². The molecule has 1 saturated carbocycles. The third kappa shape index (κ3) is 7.80. The molecular weight excluding hydrogens is 628 g/mol. The van der Waals surface area contributed by atoms with E-state index < -0.39 is 24.3 Å². The Labute approximate surface area is 292 Å². The molecule has 11 heteroatoms. The number of nitrogens with zero attached hydrogens (tertiary/aromatic N) is 5. The molecule has 1 aliphatic heterocycles. The minimum absolute atomic E-state index is 0.0621. The van der Waals surface area contributed by atoms with Crippen LogP contribution in [0.2, 0.25) is 0 Å². The number of hydrogen-bond donors (Lipinski definition) is 5. The van der Waals surface area contributed by atoms with Gasteiger partial charge in [-0.2, -0.15) is 9.97 Å². The summed E-state index contributed by atoms with van der Waals surface area (Å²) in [6.45, 7) is 4.36. The third-order valence-electron chi connectivity index (χ3n) is 10.0. The highest BCUT2D eigenvalue weighted by molar-refractivity contribution is 5.84. The van der Waals surface area contributed by atoms with Gasteiger partial charge < -0.3 is 35.6 Å². The lowest BCUT2D eigenvalue weighted by molar-refractivity contribution is -0.122. The molecular formula is C39H46N8O3. The molecule has 0 radical (unpaired) electrons. The zero-order valence-corrected chi connectivity index (χ0v) is 28.2. The third-order valence-corrected chi connectivity index (χ3v) is 10.0. The van der Waals surface area contributed by atoms with Gasteiger partial charge in [-0.15, -0.1) is 0 Å². The average molecular weight is 675 g/mol. The summed E-state index contributed by atoms with van der Waals surface area (Å²) in [5, 5.41) is 32.3. The van der Waals surface area contributed by atoms with E-state index in [1.165, 1.54) is 30.4 Å². The van der Waals surface area contributed by atoms with Gasteiger partial charge >= 0.3 is 0 Å². The van der Waals surface area contributed by atoms with Crippen molar-refractivity contribution in [2.24, 2.45) is 0 Å². The zero-order valence-electron chi connectivity index (χ0n) is 28.2. The Morgan fingerprint density at radius 2 is 1.48 bits per heavy atom. The number of aromatic nitrogens is 4. The first-order valence-electron chi connectivity index (χ1n) is 17.8. The van der Waals surface area contributed by atoms with E-state index >= 15 is 0 Å². The maximum absolute atomic E-state index is 12.9. The topological polar surface area (TPSA) is 140 Å². The molecule has 3 heterocycles. The van der Waals surface area contributed by atoms with E-state index in [1.807, 2.05) is 47.0 Å². The first kappa shape index (κ1) is 33.6. The van der Waals surface area contributed by atoms with Gasteiger partial charge in [-0.05, 0) is 49.0 Å². The molecule has 5 N–H and O–H groups in total. The van der Waals surface area contributed by atoms with E-state index in [-0.39, 0.29) is 18.2 Å². The second kappa shape index (κ2) is 15.8. The van der Waals surface area contributed by atoms with Crippen LogP contribution in [0, 0.1) is 0 Å². The van der Waals surface area contributed by atoms with Crippen LogP contribution in [0.4, 0.5) is 11.8 Å². The Hall–Kier alpha value is -4.84. The highest BCUT2D eigenvalue weighted by Crippen LogP contribution is 2.35. The van der Waals surface area contributed by atoms with Crippen LogP contribution in [0.1, 0.15) is 54.3 Å². The van der Waals surface area contributed by atoms with Crippen LogP contribution in [-0.2, 0) is 11.2 Å². The Morgan fingerprint density at radius 3 is 2.16 bits per heavy atom. The van der Waals surface area contributed by atoms with Gasteiger partial charge in [0, 0.05) is 25.6 Å². The van der Waals surface area contributed by atoms with Crippen molar-refractivity contribution in [3.63, 3.8) is 0 Å². The molecule has 5 aromatic rings. The normalized spacial score (nSPS) is 21.0. The Morgan fingerprint density at radius 1 is 0.820 bits per heavy atom. The van der Waals surface area contributed by atoms with Crippen LogP contribution < -0.4 is 16.0 Å². The van der Waals surface area contributed by atoms with Crippen LogP contribution in [0.5, 0.6) is 0 Å². The summed E-state index contributed by atoms with van der Waals surface area (Å²) in [6.07, 6.45) is 3.64. The summed E-state index contributed by atoms with van der Waals surface area (Å²) in [7, 11) is 0. The molecule has 4 atom stereocenters. The molecule has 7 rings (SSSR count). The van der Waals surface area contributed by atoms with E-state index in [9.17, 15) is 15.0 Å². The van der Waals surface area contributed by atoms with Gasteiger partial charge in [0.2, 0.25) is 11.9 Å². The molecule has 2 fully saturated rings. The number of aliphatic hydroxyl groups excluding tert-OH is 2. The second-order valence-electron chi connectivity index (χ2n) is 13.4. The molecule has 260 valence electrons. The number of likely N-dealkylation sites (tertiary alicyclic amines) is 1. The Bertz CT molecular complexity index is 1790. The molecule has 0 bridgehead atoms. The average Bonchev–Trinajstić information content (AvgIpc) is 3.69. The Balaban J connectivity index is 1.15. The van der Waals surface area contributed by atoms with Crippen molar-refractivity contribution in [2.45, 2.75) is 62.3 Å². The molecule has 1 amide bonds. The number of carbonyl (C=O) groups is 1. The van der Waals surface area contributed by atoms with Crippen LogP contribution in [0.15, 0.2) is 97.3 Å². The van der Waals surface area contributed by atoms with E-state index in [2.05, 4.69) is 69.4 Å². The van der Waals surface area contributed by atoms with Crippen LogP contribution in [0.3, 0.4) is 0 Å². The first-order valence-corrected chi connectivity index (χ1v) is 17.8. The number of anilines is 2. The van der Waals surface area contributed by atoms with Crippen molar-refractivity contribution in [3.05, 3.63) is 114 Å². The fourth-order valence-electron chi connectivity index (χ4n) is 7.33. The Kier molecular flexibility index (Phi) is 10.6. The number of aliphatic hydroxyl groups is 2. The number of imidazole rings is 1. The molecule has 0 unspecified atom stereocenters. The minimum Gasteiger partial charge on any atom is -0.388 e. The predicted octanol–water partition coefficient (Wildman–Crippen LogP) is 4.36. The van der Waals surface area contributed by atoms with Gasteiger partial charge in [0.1, 0.15) is 12.2 Å². The zero-order chi connectivity index (χ0) is 34.3. The lowest BCUT2D eigenvalue weighted by atomic mass is 9.91. The molecule has 2 aromatic heterocycles. The highest BCUT2D eigenvalue weighted by atomic mass is 16.3. The first-order chi connectivity index (χ1) is 24.5. The number of fused-ring (bicyclic) bond motifs is 1. The number of nitrogens with one attached hydrogen (secondary N) is 3. The van der Waals surface area contributed by atoms with Gasteiger partial charge in [-0.25, -0.2) is 4.98 Å². The summed E-state index contributed by atoms with van der Waals surface area (Å²) in [4.78, 5) is 29.9. The number of rotatable bonds is 13. The van der Waals surface area contributed by atoms with Crippen molar-refractivity contribution in [1.29, 1.82) is 0 Å². The minimum atomic E-state index is -1.14. The molecule has 3 aromatic carbocycles. The van der Waals surface area contributed by atoms with Gasteiger partial charge in [0.25, 0.3) is 0 Å². The van der Waals surface area contributed by atoms with Crippen LogP contribution >= 0.6 is 0 Å². The second-order valence-corrected chi connectivity index (χ2v) is 13.4.